The molecule has 3 nitrogen and oxygen atoms in total. The molecule has 0 spiro atoms. The molecule has 0 unspecified atom stereocenters. The van der Waals surface area contributed by atoms with Gasteiger partial charge in [0.05, 0.1) is 32.7 Å². The third kappa shape index (κ3) is 4.86. The normalized spacial score (nSPS) is 10.1. The summed E-state index contributed by atoms with van der Waals surface area (Å²) in [5.74, 6) is 1.31. The second-order valence-corrected chi connectivity index (χ2v) is 3.95. The lowest BCUT2D eigenvalue weighted by Crippen LogP contribution is -2.47. The molecule has 0 aromatic carbocycles. The van der Waals surface area contributed by atoms with Crippen molar-refractivity contribution in [3.8, 4) is 0 Å². The Kier molecular flexibility index (Phi) is 9.06. The Hall–Kier alpha value is -0.730. The van der Waals surface area contributed by atoms with Gasteiger partial charge in [0.1, 0.15) is 0 Å². The molecule has 0 aliphatic carbocycles. The number of hydrogen-bond acceptors (Lipinski definition) is 0. The van der Waals surface area contributed by atoms with E-state index in [4.69, 9.17) is 0 Å². The summed E-state index contributed by atoms with van der Waals surface area (Å²) < 4.78 is 2.41. The number of hydrogen-bond donors (Lipinski definition) is 1. The third-order valence-corrected chi connectivity index (χ3v) is 2.94. The van der Waals surface area contributed by atoms with E-state index in [0.717, 1.165) is 32.7 Å². The van der Waals surface area contributed by atoms with Crippen LogP contribution in [0.2, 0.25) is 0 Å². The third-order valence-electron chi connectivity index (χ3n) is 2.94. The van der Waals surface area contributed by atoms with Gasteiger partial charge in [-0.1, -0.05) is 13.3 Å². The fourth-order valence-corrected chi connectivity index (χ4v) is 1.85. The largest absolute Gasteiger partial charge is 0.348 e. The monoisotopic (exact) mass is 228 g/mol. The lowest BCUT2D eigenvalue weighted by molar-refractivity contribution is -0.527. The van der Waals surface area contributed by atoms with Crippen LogP contribution >= 0.6 is 0 Å². The first kappa shape index (κ1) is 15.3. The van der Waals surface area contributed by atoms with Gasteiger partial charge in [0.25, 0.3) is 0 Å². The van der Waals surface area contributed by atoms with Crippen molar-refractivity contribution in [3.05, 3.63) is 0 Å². The standard InChI is InChI=1S/C13H29N3/c1-6-11-12-14-13(15(7-2)8-3)16(9-4)10-5/h6-12H2,1-5H3/p+1. The zero-order chi connectivity index (χ0) is 12.4. The minimum atomic E-state index is 1.07. The molecule has 96 valence electrons. The molecule has 1 N–H and O–H groups in total. The first-order valence-corrected chi connectivity index (χ1v) is 6.85. The number of nitrogens with zero attached hydrogens (tertiary/aromatic N) is 2. The maximum Gasteiger partial charge on any atom is 0.348 e. The molecule has 0 aliphatic heterocycles. The quantitative estimate of drug-likeness (QED) is 0.311. The van der Waals surface area contributed by atoms with E-state index in [1.165, 1.54) is 18.8 Å². The van der Waals surface area contributed by atoms with Crippen molar-refractivity contribution in [2.75, 3.05) is 32.7 Å². The van der Waals surface area contributed by atoms with Crippen molar-refractivity contribution in [1.29, 1.82) is 0 Å². The van der Waals surface area contributed by atoms with Crippen molar-refractivity contribution < 1.29 is 4.58 Å². The molecular formula is C13H30N3+. The van der Waals surface area contributed by atoms with Gasteiger partial charge in [0.15, 0.2) is 0 Å². The summed E-state index contributed by atoms with van der Waals surface area (Å²) in [6.45, 7) is 16.5. The summed E-state index contributed by atoms with van der Waals surface area (Å²) in [5.41, 5.74) is 0. The smallest absolute Gasteiger partial charge is 0.278 e. The molecule has 0 saturated heterocycles. The van der Waals surface area contributed by atoms with Crippen molar-refractivity contribution in [3.63, 3.8) is 0 Å². The topological polar surface area (TPSA) is 18.3 Å². The highest BCUT2D eigenvalue weighted by molar-refractivity contribution is 5.74. The van der Waals surface area contributed by atoms with Crippen LogP contribution in [0.4, 0.5) is 0 Å². The van der Waals surface area contributed by atoms with Crippen LogP contribution in [-0.4, -0.2) is 48.2 Å². The van der Waals surface area contributed by atoms with Crippen LogP contribution in [0.5, 0.6) is 0 Å². The number of nitrogens with one attached hydrogen (secondary N) is 1. The highest BCUT2D eigenvalue weighted by Crippen LogP contribution is 1.92. The minimum Gasteiger partial charge on any atom is -0.278 e. The Bertz CT molecular complexity index is 189. The first-order valence-electron chi connectivity index (χ1n) is 6.85. The Labute approximate surface area is 102 Å². The highest BCUT2D eigenvalue weighted by Gasteiger charge is 2.17. The van der Waals surface area contributed by atoms with Gasteiger partial charge in [-0.3, -0.25) is 14.8 Å². The van der Waals surface area contributed by atoms with Crippen molar-refractivity contribution in [2.45, 2.75) is 47.5 Å². The van der Waals surface area contributed by atoms with E-state index in [9.17, 15) is 0 Å². The van der Waals surface area contributed by atoms with Crippen molar-refractivity contribution >= 4 is 5.96 Å². The summed E-state index contributed by atoms with van der Waals surface area (Å²) in [6.07, 6.45) is 2.49. The van der Waals surface area contributed by atoms with Gasteiger partial charge in [0.2, 0.25) is 0 Å². The summed E-state index contributed by atoms with van der Waals surface area (Å²) >= 11 is 0. The Morgan fingerprint density at radius 3 is 1.94 bits per heavy atom. The minimum absolute atomic E-state index is 1.07. The number of rotatable bonds is 7. The molecular weight excluding hydrogens is 198 g/mol. The van der Waals surface area contributed by atoms with E-state index in [1.54, 1.807) is 0 Å². The zero-order valence-electron chi connectivity index (χ0n) is 11.8. The summed E-state index contributed by atoms with van der Waals surface area (Å²) in [4.78, 5) is 2.41. The van der Waals surface area contributed by atoms with Crippen LogP contribution in [-0.2, 0) is 0 Å². The van der Waals surface area contributed by atoms with Gasteiger partial charge in [-0.05, 0) is 34.1 Å². The van der Waals surface area contributed by atoms with Crippen LogP contribution in [0, 0.1) is 0 Å². The molecule has 0 aromatic rings. The van der Waals surface area contributed by atoms with E-state index in [-0.39, 0.29) is 0 Å². The molecule has 0 saturated carbocycles. The first-order chi connectivity index (χ1) is 7.74. The van der Waals surface area contributed by atoms with Gasteiger partial charge >= 0.3 is 5.96 Å². The predicted octanol–water partition coefficient (Wildman–Crippen LogP) is 2.13. The number of guanidine groups is 1. The number of unbranched alkanes of at least 4 members (excludes halogenated alkanes) is 1. The molecule has 16 heavy (non-hydrogen) atoms. The SMILES string of the molecule is CCCCNC(N(CC)CC)=[N+](CC)CC. The molecule has 0 fully saturated rings. The second-order valence-electron chi connectivity index (χ2n) is 3.95. The Morgan fingerprint density at radius 1 is 1.00 bits per heavy atom. The molecule has 0 aromatic heterocycles. The average molecular weight is 228 g/mol. The Balaban J connectivity index is 4.66. The molecule has 3 heteroatoms. The molecule has 0 bridgehead atoms. The molecule has 0 radical (unpaired) electrons. The molecule has 0 heterocycles. The summed E-state index contributed by atoms with van der Waals surface area (Å²) in [6, 6.07) is 0. The fraction of sp³-hybridized carbons (Fsp3) is 0.923. The average Bonchev–Trinajstić information content (AvgIpc) is 2.31. The van der Waals surface area contributed by atoms with E-state index in [0.29, 0.717) is 0 Å². The van der Waals surface area contributed by atoms with E-state index in [1.807, 2.05) is 0 Å². The van der Waals surface area contributed by atoms with Crippen LogP contribution in [0.3, 0.4) is 0 Å². The zero-order valence-corrected chi connectivity index (χ0v) is 11.8. The molecule has 0 aliphatic rings. The van der Waals surface area contributed by atoms with Crippen molar-refractivity contribution in [1.82, 2.24) is 10.2 Å². The lowest BCUT2D eigenvalue weighted by Gasteiger charge is -2.20. The second kappa shape index (κ2) is 9.49. The highest BCUT2D eigenvalue weighted by atomic mass is 15.3. The van der Waals surface area contributed by atoms with Gasteiger partial charge < -0.3 is 0 Å². The Morgan fingerprint density at radius 2 is 1.56 bits per heavy atom. The van der Waals surface area contributed by atoms with E-state index >= 15 is 0 Å². The fourth-order valence-electron chi connectivity index (χ4n) is 1.85. The van der Waals surface area contributed by atoms with Gasteiger partial charge in [-0.15, -0.1) is 0 Å². The van der Waals surface area contributed by atoms with Gasteiger partial charge in [-0.25, -0.2) is 0 Å². The van der Waals surface area contributed by atoms with E-state index in [2.05, 4.69) is 49.4 Å². The summed E-state index contributed by atoms with van der Waals surface area (Å²) in [5, 5.41) is 3.59. The lowest BCUT2D eigenvalue weighted by atomic mass is 10.3. The van der Waals surface area contributed by atoms with Crippen LogP contribution in [0.25, 0.3) is 0 Å². The van der Waals surface area contributed by atoms with Gasteiger partial charge in [-0.2, -0.15) is 0 Å². The maximum atomic E-state index is 3.59. The van der Waals surface area contributed by atoms with Gasteiger partial charge in [0, 0.05) is 0 Å². The molecule has 0 atom stereocenters. The van der Waals surface area contributed by atoms with E-state index < -0.39 is 0 Å². The molecule has 0 amide bonds. The predicted molar refractivity (Wildman–Crippen MR) is 72.2 cm³/mol. The molecule has 0 rings (SSSR count). The van der Waals surface area contributed by atoms with Crippen LogP contribution in [0.15, 0.2) is 0 Å². The van der Waals surface area contributed by atoms with Crippen LogP contribution < -0.4 is 5.32 Å². The maximum absolute atomic E-state index is 3.59. The summed E-state index contributed by atoms with van der Waals surface area (Å²) in [7, 11) is 0. The van der Waals surface area contributed by atoms with Crippen molar-refractivity contribution in [2.24, 2.45) is 0 Å². The van der Waals surface area contributed by atoms with Crippen LogP contribution in [0.1, 0.15) is 47.5 Å².